The van der Waals surface area contributed by atoms with E-state index in [4.69, 9.17) is 9.72 Å². The molecule has 1 atom stereocenters. The van der Waals surface area contributed by atoms with Crippen molar-refractivity contribution >= 4 is 35.3 Å². The highest BCUT2D eigenvalue weighted by Crippen LogP contribution is 2.55. The first-order valence-electron chi connectivity index (χ1n) is 25.2. The normalized spacial score (nSPS) is 23.9. The number of hydrogen-bond acceptors (Lipinski definition) is 12. The van der Waals surface area contributed by atoms with Crippen molar-refractivity contribution in [2.24, 2.45) is 10.8 Å². The summed E-state index contributed by atoms with van der Waals surface area (Å²) in [5.41, 5.74) is 7.17. The molecule has 0 radical (unpaired) electrons. The standard InChI is InChI=1S/C55H63N9O5/c1-36-26-37(34-56)28-39(27-36)53(2,3)38-4-7-44(8-5-38)69-35-40-12-17-57-52(58-40)63-24-22-62(23-25-63)43-32-55(33-43)15-20-61(21-16-55)42-30-54(31-42)13-18-60(19-14-54)41-6-9-45-46(29-41)51(68)64(50(45)67)47-10-11-48(65)59-49(47)66/h4-9,12,17,26-29,42-43,47H,10-11,13-16,18-25,30-33,35H2,1-3H3,(H,59,65,66). The van der Waals surface area contributed by atoms with E-state index >= 15 is 0 Å². The summed E-state index contributed by atoms with van der Waals surface area (Å²) in [5.74, 6) is -0.298. The first-order chi connectivity index (χ1) is 33.3. The van der Waals surface area contributed by atoms with Crippen LogP contribution in [0.1, 0.15) is 127 Å². The van der Waals surface area contributed by atoms with Crippen LogP contribution in [0.2, 0.25) is 0 Å². The van der Waals surface area contributed by atoms with Gasteiger partial charge in [-0.25, -0.2) is 9.97 Å². The van der Waals surface area contributed by atoms with E-state index in [1.807, 2.05) is 55.6 Å². The molecule has 3 aromatic carbocycles. The van der Waals surface area contributed by atoms with Crippen molar-refractivity contribution < 1.29 is 23.9 Å². The highest BCUT2D eigenvalue weighted by Gasteiger charge is 2.53. The summed E-state index contributed by atoms with van der Waals surface area (Å²) in [6, 6.07) is 24.4. The van der Waals surface area contributed by atoms with Gasteiger partial charge in [-0.15, -0.1) is 0 Å². The van der Waals surface area contributed by atoms with Gasteiger partial charge in [-0.3, -0.25) is 34.3 Å². The number of amides is 4. The largest absolute Gasteiger partial charge is 0.487 e. The zero-order valence-electron chi connectivity index (χ0n) is 40.2. The Balaban J connectivity index is 0.598. The summed E-state index contributed by atoms with van der Waals surface area (Å²) >= 11 is 0. The molecule has 6 fully saturated rings. The maximum Gasteiger partial charge on any atom is 0.262 e. The number of aromatic nitrogens is 2. The predicted octanol–water partition coefficient (Wildman–Crippen LogP) is 6.78. The molecule has 2 aliphatic carbocycles. The molecule has 4 saturated heterocycles. The lowest BCUT2D eigenvalue weighted by Gasteiger charge is -2.60. The molecule has 69 heavy (non-hydrogen) atoms. The van der Waals surface area contributed by atoms with Crippen molar-refractivity contribution in [2.75, 3.05) is 62.2 Å². The Morgan fingerprint density at radius 3 is 2.06 bits per heavy atom. The number of anilines is 2. The molecule has 11 rings (SSSR count). The van der Waals surface area contributed by atoms with E-state index in [1.165, 1.54) is 51.6 Å². The number of piperazine rings is 1. The fraction of sp³-hybridized carbons (Fsp3) is 0.509. The molecule has 2 spiro atoms. The number of nitriles is 1. The summed E-state index contributed by atoms with van der Waals surface area (Å²) in [4.78, 5) is 71.6. The SMILES string of the molecule is Cc1cc(C#N)cc(C(C)(C)c2ccc(OCc3ccnc(N4CCN(C5CC6(CCN(C7CC8(CCN(c9ccc%10c(c9)C(=O)N(C9CCC(=O)NC9=O)C%10=O)CC8)C7)CC6)C5)CC4)n3)cc2)c1. The van der Waals surface area contributed by atoms with Gasteiger partial charge in [-0.1, -0.05) is 32.0 Å². The number of piperidine rings is 3. The second-order valence-electron chi connectivity index (χ2n) is 21.8. The summed E-state index contributed by atoms with van der Waals surface area (Å²) in [6.45, 7) is 15.0. The third kappa shape index (κ3) is 8.56. The number of carbonyl (C=O) groups is 4. The Labute approximate surface area is 405 Å². The Morgan fingerprint density at radius 2 is 1.39 bits per heavy atom. The number of fused-ring (bicyclic) bond motifs is 1. The number of imide groups is 2. The molecule has 2 saturated carbocycles. The summed E-state index contributed by atoms with van der Waals surface area (Å²) in [5, 5.41) is 11.8. The second-order valence-corrected chi connectivity index (χ2v) is 21.8. The minimum absolute atomic E-state index is 0.110. The molecule has 1 unspecified atom stereocenters. The van der Waals surface area contributed by atoms with Gasteiger partial charge in [0.1, 0.15) is 18.4 Å². The molecule has 14 heteroatoms. The van der Waals surface area contributed by atoms with Crippen LogP contribution in [-0.2, 0) is 21.6 Å². The Hall–Kier alpha value is -6.17. The molecule has 358 valence electrons. The summed E-state index contributed by atoms with van der Waals surface area (Å²) in [7, 11) is 0. The van der Waals surface area contributed by atoms with Crippen molar-refractivity contribution in [3.8, 4) is 11.8 Å². The van der Waals surface area contributed by atoms with E-state index in [2.05, 4.69) is 68.0 Å². The van der Waals surface area contributed by atoms with E-state index in [-0.39, 0.29) is 24.2 Å². The lowest BCUT2D eigenvalue weighted by atomic mass is 9.57. The van der Waals surface area contributed by atoms with Crippen LogP contribution in [0.25, 0.3) is 0 Å². The van der Waals surface area contributed by atoms with Gasteiger partial charge < -0.3 is 19.4 Å². The first kappa shape index (κ1) is 45.3. The highest BCUT2D eigenvalue weighted by molar-refractivity contribution is 6.23. The fourth-order valence-electron chi connectivity index (χ4n) is 12.9. The molecule has 4 amide bonds. The number of nitrogens with one attached hydrogen (secondary N) is 1. The van der Waals surface area contributed by atoms with Crippen LogP contribution < -0.4 is 19.9 Å². The molecule has 7 aliphatic rings. The number of rotatable bonds is 10. The number of carbonyl (C=O) groups excluding carboxylic acids is 4. The lowest BCUT2D eigenvalue weighted by Crippen LogP contribution is -2.61. The number of benzene rings is 3. The smallest absolute Gasteiger partial charge is 0.262 e. The quantitative estimate of drug-likeness (QED) is 0.167. The number of hydrogen-bond donors (Lipinski definition) is 1. The summed E-state index contributed by atoms with van der Waals surface area (Å²) in [6.07, 6.45) is 12.2. The third-order valence-corrected chi connectivity index (χ3v) is 17.4. The van der Waals surface area contributed by atoms with Gasteiger partial charge in [0.15, 0.2) is 0 Å². The zero-order chi connectivity index (χ0) is 47.7. The van der Waals surface area contributed by atoms with Crippen LogP contribution in [0, 0.1) is 29.1 Å². The van der Waals surface area contributed by atoms with Crippen LogP contribution >= 0.6 is 0 Å². The van der Waals surface area contributed by atoms with Gasteiger partial charge in [-0.2, -0.15) is 5.26 Å². The summed E-state index contributed by atoms with van der Waals surface area (Å²) < 4.78 is 6.20. The minimum Gasteiger partial charge on any atom is -0.487 e. The molecule has 6 heterocycles. The second kappa shape index (κ2) is 17.7. The molecular weight excluding hydrogens is 867 g/mol. The molecule has 1 aromatic heterocycles. The number of likely N-dealkylation sites (tertiary alicyclic amines) is 1. The molecule has 5 aliphatic heterocycles. The van der Waals surface area contributed by atoms with Crippen molar-refractivity contribution in [1.82, 2.24) is 30.0 Å². The van der Waals surface area contributed by atoms with Gasteiger partial charge >= 0.3 is 0 Å². The van der Waals surface area contributed by atoms with Gasteiger partial charge in [0, 0.05) is 75.1 Å². The third-order valence-electron chi connectivity index (χ3n) is 17.4. The van der Waals surface area contributed by atoms with Gasteiger partial charge in [0.2, 0.25) is 17.8 Å². The Bertz CT molecular complexity index is 2710. The van der Waals surface area contributed by atoms with E-state index < -0.39 is 23.8 Å². The lowest BCUT2D eigenvalue weighted by molar-refractivity contribution is -0.136. The van der Waals surface area contributed by atoms with Gasteiger partial charge in [0.05, 0.1) is 28.5 Å². The first-order valence-corrected chi connectivity index (χ1v) is 25.2. The van der Waals surface area contributed by atoms with E-state index in [0.29, 0.717) is 46.2 Å². The Morgan fingerprint density at radius 1 is 0.739 bits per heavy atom. The van der Waals surface area contributed by atoms with Gasteiger partial charge in [0.25, 0.3) is 11.8 Å². The van der Waals surface area contributed by atoms with Crippen LogP contribution in [0.3, 0.4) is 0 Å². The topological polar surface area (TPSA) is 155 Å². The maximum absolute atomic E-state index is 13.4. The number of nitrogens with zero attached hydrogens (tertiary/aromatic N) is 8. The predicted molar refractivity (Wildman–Crippen MR) is 261 cm³/mol. The van der Waals surface area contributed by atoms with Crippen molar-refractivity contribution in [3.63, 3.8) is 0 Å². The van der Waals surface area contributed by atoms with Crippen LogP contribution in [0.5, 0.6) is 5.75 Å². The number of ether oxygens (including phenoxy) is 1. The molecule has 14 nitrogen and oxygen atoms in total. The van der Waals surface area contributed by atoms with E-state index in [9.17, 15) is 24.4 Å². The van der Waals surface area contributed by atoms with Crippen molar-refractivity contribution in [1.29, 1.82) is 5.26 Å². The highest BCUT2D eigenvalue weighted by atomic mass is 16.5. The number of aryl methyl sites for hydroxylation is 1. The Kier molecular flexibility index (Phi) is 11.6. The fourth-order valence-corrected chi connectivity index (χ4v) is 12.9. The van der Waals surface area contributed by atoms with E-state index in [0.717, 1.165) is 96.8 Å². The van der Waals surface area contributed by atoms with E-state index in [1.54, 1.807) is 6.07 Å². The van der Waals surface area contributed by atoms with Crippen LogP contribution in [0.4, 0.5) is 11.6 Å². The molecule has 4 aromatic rings. The van der Waals surface area contributed by atoms with Crippen LogP contribution in [0.15, 0.2) is 72.9 Å². The van der Waals surface area contributed by atoms with Crippen LogP contribution in [-0.4, -0.2) is 119 Å². The van der Waals surface area contributed by atoms with Crippen molar-refractivity contribution in [3.05, 3.63) is 112 Å². The molecular formula is C55H63N9O5. The van der Waals surface area contributed by atoms with Crippen molar-refractivity contribution in [2.45, 2.75) is 115 Å². The molecule has 1 N–H and O–H groups in total. The molecule has 0 bridgehead atoms. The average Bonchev–Trinajstić information content (AvgIpc) is 3.59. The monoisotopic (exact) mass is 929 g/mol. The minimum atomic E-state index is -0.951. The maximum atomic E-state index is 13.4. The zero-order valence-corrected chi connectivity index (χ0v) is 40.2. The average molecular weight is 930 g/mol. The van der Waals surface area contributed by atoms with Gasteiger partial charge in [-0.05, 0) is 154 Å².